The van der Waals surface area contributed by atoms with E-state index in [0.717, 1.165) is 27.8 Å². The third-order valence-electron chi connectivity index (χ3n) is 4.82. The van der Waals surface area contributed by atoms with Crippen LogP contribution in [0.4, 0.5) is 4.39 Å². The van der Waals surface area contributed by atoms with Crippen LogP contribution < -0.4 is 5.32 Å². The normalized spacial score (nSPS) is 11.3. The highest BCUT2D eigenvalue weighted by Gasteiger charge is 2.13. The lowest BCUT2D eigenvalue weighted by atomic mass is 10.0. The van der Waals surface area contributed by atoms with Crippen LogP contribution in [-0.4, -0.2) is 23.2 Å². The molecule has 28 heavy (non-hydrogen) atoms. The molecule has 0 saturated carbocycles. The minimum Gasteiger partial charge on any atom is -0.356 e. The summed E-state index contributed by atoms with van der Waals surface area (Å²) < 4.78 is 14.0. The molecule has 144 valence electrons. The summed E-state index contributed by atoms with van der Waals surface area (Å²) in [5.74, 6) is -0.496. The van der Waals surface area contributed by atoms with Crippen molar-refractivity contribution < 1.29 is 14.0 Å². The Bertz CT molecular complexity index is 1080. The summed E-state index contributed by atoms with van der Waals surface area (Å²) in [6.07, 6.45) is 3.74. The molecule has 0 spiro atoms. The van der Waals surface area contributed by atoms with E-state index in [0.29, 0.717) is 24.0 Å². The van der Waals surface area contributed by atoms with E-state index in [1.807, 2.05) is 19.9 Å². The first kappa shape index (κ1) is 19.5. The molecule has 0 saturated heterocycles. The van der Waals surface area contributed by atoms with E-state index >= 15 is 0 Å². The first-order valence-corrected chi connectivity index (χ1v) is 9.20. The zero-order valence-corrected chi connectivity index (χ0v) is 16.2. The maximum atomic E-state index is 14.0. The number of rotatable bonds is 6. The van der Waals surface area contributed by atoms with Gasteiger partial charge in [-0.1, -0.05) is 24.3 Å². The number of nitrogens with one attached hydrogen (secondary N) is 2. The van der Waals surface area contributed by atoms with Gasteiger partial charge in [0.05, 0.1) is 5.52 Å². The summed E-state index contributed by atoms with van der Waals surface area (Å²) >= 11 is 0. The highest BCUT2D eigenvalue weighted by molar-refractivity contribution is 5.95. The molecule has 0 fully saturated rings. The standard InChI is InChI=1S/C23H23FN2O2/c1-14-7-9-20(24)23-22(14)19(15(2)26-23)11-12-25-21(28)10-8-17-5-4-6-18(13-17)16(3)27/h4-10,13,26H,11-12H2,1-3H3,(H,25,28)/b10-8+. The quantitative estimate of drug-likeness (QED) is 0.490. The lowest BCUT2D eigenvalue weighted by Crippen LogP contribution is -2.23. The fourth-order valence-electron chi connectivity index (χ4n) is 3.36. The Labute approximate surface area is 163 Å². The Morgan fingerprint density at radius 2 is 1.96 bits per heavy atom. The van der Waals surface area contributed by atoms with Gasteiger partial charge in [-0.05, 0) is 62.1 Å². The summed E-state index contributed by atoms with van der Waals surface area (Å²) in [5, 5.41) is 3.75. The van der Waals surface area contributed by atoms with Crippen molar-refractivity contribution in [2.24, 2.45) is 0 Å². The number of halogens is 1. The molecule has 2 N–H and O–H groups in total. The number of amides is 1. The number of hydrogen-bond acceptors (Lipinski definition) is 2. The van der Waals surface area contributed by atoms with Crippen molar-refractivity contribution in [2.45, 2.75) is 27.2 Å². The third kappa shape index (κ3) is 4.19. The zero-order valence-electron chi connectivity index (χ0n) is 16.2. The van der Waals surface area contributed by atoms with E-state index in [4.69, 9.17) is 0 Å². The lowest BCUT2D eigenvalue weighted by Gasteiger charge is -2.05. The number of ketones is 1. The Morgan fingerprint density at radius 3 is 2.71 bits per heavy atom. The number of carbonyl (C=O) groups excluding carboxylic acids is 2. The van der Waals surface area contributed by atoms with Crippen molar-refractivity contribution >= 4 is 28.7 Å². The van der Waals surface area contributed by atoms with Crippen LogP contribution in [0.25, 0.3) is 17.0 Å². The van der Waals surface area contributed by atoms with Crippen molar-refractivity contribution in [3.8, 4) is 0 Å². The summed E-state index contributed by atoms with van der Waals surface area (Å²) in [5.41, 5.74) is 4.86. The van der Waals surface area contributed by atoms with Crippen LogP contribution in [0.3, 0.4) is 0 Å². The fourth-order valence-corrected chi connectivity index (χ4v) is 3.36. The minimum absolute atomic E-state index is 0.0134. The molecule has 1 heterocycles. The molecule has 0 bridgehead atoms. The maximum Gasteiger partial charge on any atom is 0.244 e. The predicted octanol–water partition coefficient (Wildman–Crippen LogP) is 4.50. The molecule has 3 aromatic rings. The van der Waals surface area contributed by atoms with Crippen molar-refractivity contribution in [3.63, 3.8) is 0 Å². The topological polar surface area (TPSA) is 62.0 Å². The maximum absolute atomic E-state index is 14.0. The van der Waals surface area contributed by atoms with Gasteiger partial charge in [0, 0.05) is 29.3 Å². The summed E-state index contributed by atoms with van der Waals surface area (Å²) in [6.45, 7) is 5.82. The molecule has 0 unspecified atom stereocenters. The van der Waals surface area contributed by atoms with Crippen LogP contribution in [-0.2, 0) is 11.2 Å². The molecule has 1 amide bonds. The molecule has 1 aromatic heterocycles. The second-order valence-electron chi connectivity index (χ2n) is 6.90. The number of H-pyrrole nitrogens is 1. The summed E-state index contributed by atoms with van der Waals surface area (Å²) in [6, 6.07) is 10.3. The van der Waals surface area contributed by atoms with Gasteiger partial charge in [0.1, 0.15) is 5.82 Å². The van der Waals surface area contributed by atoms with Gasteiger partial charge in [-0.2, -0.15) is 0 Å². The largest absolute Gasteiger partial charge is 0.356 e. The lowest BCUT2D eigenvalue weighted by molar-refractivity contribution is -0.116. The molecule has 4 nitrogen and oxygen atoms in total. The average Bonchev–Trinajstić information content (AvgIpc) is 3.01. The van der Waals surface area contributed by atoms with E-state index in [9.17, 15) is 14.0 Å². The molecule has 3 rings (SSSR count). The molecule has 5 heteroatoms. The monoisotopic (exact) mass is 378 g/mol. The van der Waals surface area contributed by atoms with E-state index < -0.39 is 0 Å². The Balaban J connectivity index is 1.64. The van der Waals surface area contributed by atoms with Crippen LogP contribution >= 0.6 is 0 Å². The first-order chi connectivity index (χ1) is 13.4. The zero-order chi connectivity index (χ0) is 20.3. The van der Waals surface area contributed by atoms with Gasteiger partial charge in [0.15, 0.2) is 5.78 Å². The van der Waals surface area contributed by atoms with E-state index in [-0.39, 0.29) is 17.5 Å². The molecule has 2 aromatic carbocycles. The average molecular weight is 378 g/mol. The highest BCUT2D eigenvalue weighted by atomic mass is 19.1. The number of fused-ring (bicyclic) bond motifs is 1. The smallest absolute Gasteiger partial charge is 0.244 e. The van der Waals surface area contributed by atoms with Gasteiger partial charge in [-0.25, -0.2) is 4.39 Å². The van der Waals surface area contributed by atoms with Gasteiger partial charge in [-0.15, -0.1) is 0 Å². The number of Topliss-reactive ketones (excluding diaryl/α,β-unsaturated/α-hetero) is 1. The molecule has 0 aliphatic heterocycles. The van der Waals surface area contributed by atoms with Gasteiger partial charge in [0.2, 0.25) is 5.91 Å². The van der Waals surface area contributed by atoms with Gasteiger partial charge in [0.25, 0.3) is 0 Å². The number of aromatic amines is 1. The van der Waals surface area contributed by atoms with E-state index in [1.54, 1.807) is 30.3 Å². The number of aromatic nitrogens is 1. The molecule has 0 atom stereocenters. The predicted molar refractivity (Wildman–Crippen MR) is 110 cm³/mol. The van der Waals surface area contributed by atoms with Crippen molar-refractivity contribution in [1.29, 1.82) is 0 Å². The van der Waals surface area contributed by atoms with Crippen LogP contribution in [0.15, 0.2) is 42.5 Å². The number of hydrogen-bond donors (Lipinski definition) is 2. The van der Waals surface area contributed by atoms with Gasteiger partial charge >= 0.3 is 0 Å². The Kier molecular flexibility index (Phi) is 5.73. The molecule has 0 aliphatic carbocycles. The van der Waals surface area contributed by atoms with Crippen molar-refractivity contribution in [3.05, 3.63) is 76.2 Å². The fraction of sp³-hybridized carbons (Fsp3) is 0.217. The second kappa shape index (κ2) is 8.21. The second-order valence-corrected chi connectivity index (χ2v) is 6.90. The van der Waals surface area contributed by atoms with Crippen molar-refractivity contribution in [1.82, 2.24) is 10.3 Å². The van der Waals surface area contributed by atoms with E-state index in [1.165, 1.54) is 19.1 Å². The first-order valence-electron chi connectivity index (χ1n) is 9.20. The Morgan fingerprint density at radius 1 is 1.18 bits per heavy atom. The summed E-state index contributed by atoms with van der Waals surface area (Å²) in [7, 11) is 0. The molecule has 0 aliphatic rings. The molecular formula is C23H23FN2O2. The van der Waals surface area contributed by atoms with Crippen LogP contribution in [0, 0.1) is 19.7 Å². The SMILES string of the molecule is CC(=O)c1cccc(/C=C/C(=O)NCCc2c(C)[nH]c3c(F)ccc(C)c23)c1. The van der Waals surface area contributed by atoms with E-state index in [2.05, 4.69) is 10.3 Å². The summed E-state index contributed by atoms with van der Waals surface area (Å²) in [4.78, 5) is 26.6. The third-order valence-corrected chi connectivity index (χ3v) is 4.82. The Hall–Kier alpha value is -3.21. The number of aryl methyl sites for hydroxylation is 2. The van der Waals surface area contributed by atoms with Crippen LogP contribution in [0.2, 0.25) is 0 Å². The highest BCUT2D eigenvalue weighted by Crippen LogP contribution is 2.27. The van der Waals surface area contributed by atoms with Crippen LogP contribution in [0.5, 0.6) is 0 Å². The number of benzene rings is 2. The molecule has 0 radical (unpaired) electrons. The molecular weight excluding hydrogens is 355 g/mol. The van der Waals surface area contributed by atoms with Crippen molar-refractivity contribution in [2.75, 3.05) is 6.54 Å². The van der Waals surface area contributed by atoms with Gasteiger partial charge < -0.3 is 10.3 Å². The van der Waals surface area contributed by atoms with Gasteiger partial charge in [-0.3, -0.25) is 9.59 Å². The minimum atomic E-state index is -0.269. The number of carbonyl (C=O) groups is 2. The van der Waals surface area contributed by atoms with Crippen LogP contribution in [0.1, 0.15) is 39.7 Å².